The molecule has 0 spiro atoms. The number of hydrogen-bond donors (Lipinski definition) is 5. The minimum Gasteiger partial charge on any atom is -0.465 e. The number of amides is 3. The van der Waals surface area contributed by atoms with Crippen LogP contribution in [-0.2, 0) is 9.53 Å². The fraction of sp³-hybridized carbons (Fsp3) is 0.833. The average Bonchev–Trinajstić information content (AvgIpc) is 2.51. The van der Waals surface area contributed by atoms with E-state index in [9.17, 15) is 19.5 Å². The zero-order chi connectivity index (χ0) is 22.1. The van der Waals surface area contributed by atoms with E-state index in [0.717, 1.165) is 0 Å². The summed E-state index contributed by atoms with van der Waals surface area (Å²) >= 11 is 0. The lowest BCUT2D eigenvalue weighted by atomic mass is 10.0. The number of carboxylic acid groups (broad SMARTS) is 1. The van der Waals surface area contributed by atoms with Crippen LogP contribution in [0.3, 0.4) is 0 Å². The van der Waals surface area contributed by atoms with Crippen molar-refractivity contribution in [2.45, 2.75) is 77.6 Å². The monoisotopic (exact) mass is 404 g/mol. The van der Waals surface area contributed by atoms with Crippen LogP contribution in [0.2, 0.25) is 0 Å². The van der Waals surface area contributed by atoms with Crippen LogP contribution in [0.4, 0.5) is 9.59 Å². The smallest absolute Gasteiger partial charge is 0.407 e. The van der Waals surface area contributed by atoms with Crippen molar-refractivity contribution < 1.29 is 29.3 Å². The number of nitrogens with two attached hydrogens (primary N) is 1. The molecule has 0 unspecified atom stereocenters. The van der Waals surface area contributed by atoms with Crippen molar-refractivity contribution in [1.82, 2.24) is 15.5 Å². The highest BCUT2D eigenvalue weighted by atomic mass is 16.6. The van der Waals surface area contributed by atoms with Crippen molar-refractivity contribution in [3.05, 3.63) is 0 Å². The lowest BCUT2D eigenvalue weighted by Gasteiger charge is -2.33. The van der Waals surface area contributed by atoms with Crippen molar-refractivity contribution in [2.24, 2.45) is 5.73 Å². The molecule has 0 rings (SSSR count). The number of carbonyl (C=O) groups excluding carboxylic acids is 2. The van der Waals surface area contributed by atoms with Crippen molar-refractivity contribution >= 4 is 18.1 Å². The third-order valence-electron chi connectivity index (χ3n) is 3.75. The number of rotatable bonds is 9. The predicted octanol–water partition coefficient (Wildman–Crippen LogP) is 0.874. The molecule has 6 N–H and O–H groups in total. The molecule has 0 bridgehead atoms. The van der Waals surface area contributed by atoms with E-state index in [-0.39, 0.29) is 13.1 Å². The first-order chi connectivity index (χ1) is 12.7. The van der Waals surface area contributed by atoms with E-state index in [4.69, 9.17) is 15.6 Å². The summed E-state index contributed by atoms with van der Waals surface area (Å²) in [6.45, 7) is 10.5. The Hall–Kier alpha value is -2.07. The van der Waals surface area contributed by atoms with Gasteiger partial charge in [-0.2, -0.15) is 0 Å². The second-order valence-corrected chi connectivity index (χ2v) is 8.62. The highest BCUT2D eigenvalue weighted by Crippen LogP contribution is 2.15. The summed E-state index contributed by atoms with van der Waals surface area (Å²) < 4.78 is 5.23. The van der Waals surface area contributed by atoms with Gasteiger partial charge in [-0.15, -0.1) is 0 Å². The second kappa shape index (κ2) is 11.1. The van der Waals surface area contributed by atoms with E-state index < -0.39 is 47.9 Å². The molecule has 164 valence electrons. The fourth-order valence-electron chi connectivity index (χ4n) is 2.35. The molecule has 0 heterocycles. The van der Waals surface area contributed by atoms with E-state index in [1.165, 1.54) is 4.90 Å². The zero-order valence-electron chi connectivity index (χ0n) is 17.7. The largest absolute Gasteiger partial charge is 0.465 e. The van der Waals surface area contributed by atoms with Gasteiger partial charge < -0.3 is 36.2 Å². The summed E-state index contributed by atoms with van der Waals surface area (Å²) in [6.07, 6.45) is -0.782. The Morgan fingerprint density at radius 3 is 2.14 bits per heavy atom. The van der Waals surface area contributed by atoms with Crippen LogP contribution < -0.4 is 16.4 Å². The van der Waals surface area contributed by atoms with Crippen LogP contribution in [0, 0.1) is 0 Å². The first-order valence-electron chi connectivity index (χ1n) is 9.31. The Balaban J connectivity index is 4.90. The molecule has 28 heavy (non-hydrogen) atoms. The molecule has 0 aromatic carbocycles. The summed E-state index contributed by atoms with van der Waals surface area (Å²) in [5.41, 5.74) is 4.23. The first-order valence-corrected chi connectivity index (χ1v) is 9.31. The quantitative estimate of drug-likeness (QED) is 0.382. The van der Waals surface area contributed by atoms with E-state index in [1.807, 2.05) is 0 Å². The molecule has 0 aliphatic carbocycles. The van der Waals surface area contributed by atoms with Gasteiger partial charge in [-0.1, -0.05) is 0 Å². The van der Waals surface area contributed by atoms with Crippen molar-refractivity contribution in [1.29, 1.82) is 0 Å². The van der Waals surface area contributed by atoms with Gasteiger partial charge in [-0.3, -0.25) is 4.79 Å². The highest BCUT2D eigenvalue weighted by Gasteiger charge is 2.26. The van der Waals surface area contributed by atoms with Gasteiger partial charge in [0.05, 0.1) is 6.61 Å². The SMILES string of the molecule is CC(C)(C)OC(=O)N[C@@H](CCCN(C(=O)O)C(C)(C)C)CNC(=O)[C@@H](N)CO. The summed E-state index contributed by atoms with van der Waals surface area (Å²) in [7, 11) is 0. The maximum absolute atomic E-state index is 12.1. The van der Waals surface area contributed by atoms with Gasteiger partial charge in [0.15, 0.2) is 0 Å². The highest BCUT2D eigenvalue weighted by molar-refractivity contribution is 5.81. The number of carbonyl (C=O) groups is 3. The van der Waals surface area contributed by atoms with Crippen LogP contribution in [0.15, 0.2) is 0 Å². The maximum Gasteiger partial charge on any atom is 0.407 e. The molecule has 0 aliphatic heterocycles. The number of hydrogen-bond acceptors (Lipinski definition) is 6. The standard InChI is InChI=1S/C18H36N4O6/c1-17(2,3)22(16(26)27)9-7-8-12(10-20-14(24)13(19)11-23)21-15(25)28-18(4,5)6/h12-13,23H,7-11,19H2,1-6H3,(H,20,24)(H,21,25)(H,26,27)/t12-,13-/m0/s1. The Labute approximate surface area is 166 Å². The second-order valence-electron chi connectivity index (χ2n) is 8.62. The first kappa shape index (κ1) is 25.9. The minimum atomic E-state index is -1.05. The Bertz CT molecular complexity index is 527. The van der Waals surface area contributed by atoms with Gasteiger partial charge in [0.25, 0.3) is 0 Å². The Morgan fingerprint density at radius 1 is 1.14 bits per heavy atom. The molecule has 10 nitrogen and oxygen atoms in total. The minimum absolute atomic E-state index is 0.0777. The van der Waals surface area contributed by atoms with Crippen LogP contribution in [-0.4, -0.2) is 76.1 Å². The zero-order valence-corrected chi connectivity index (χ0v) is 17.7. The lowest BCUT2D eigenvalue weighted by molar-refractivity contribution is -0.123. The van der Waals surface area contributed by atoms with Gasteiger partial charge in [-0.25, -0.2) is 9.59 Å². The fourth-order valence-corrected chi connectivity index (χ4v) is 2.35. The molecule has 0 saturated carbocycles. The van der Waals surface area contributed by atoms with E-state index >= 15 is 0 Å². The van der Waals surface area contributed by atoms with E-state index in [0.29, 0.717) is 12.8 Å². The van der Waals surface area contributed by atoms with Gasteiger partial charge in [0.2, 0.25) is 5.91 Å². The molecule has 0 fully saturated rings. The van der Waals surface area contributed by atoms with Crippen LogP contribution in [0.5, 0.6) is 0 Å². The van der Waals surface area contributed by atoms with E-state index in [2.05, 4.69) is 10.6 Å². The van der Waals surface area contributed by atoms with Crippen molar-refractivity contribution in [2.75, 3.05) is 19.7 Å². The van der Waals surface area contributed by atoms with Gasteiger partial charge in [0, 0.05) is 24.7 Å². The third-order valence-corrected chi connectivity index (χ3v) is 3.75. The molecule has 0 aromatic rings. The number of nitrogens with one attached hydrogen (secondary N) is 2. The number of nitrogens with zero attached hydrogens (tertiary/aromatic N) is 1. The average molecular weight is 405 g/mol. The molecule has 0 radical (unpaired) electrons. The molecule has 3 amide bonds. The number of aliphatic hydroxyl groups excluding tert-OH is 1. The molecule has 0 aliphatic rings. The molecule has 10 heteroatoms. The molecule has 0 aromatic heterocycles. The summed E-state index contributed by atoms with van der Waals surface area (Å²) in [6, 6.07) is -1.54. The topological polar surface area (TPSA) is 154 Å². The van der Waals surface area contributed by atoms with Crippen LogP contribution in [0.1, 0.15) is 54.4 Å². The Kier molecular flexibility index (Phi) is 10.2. The summed E-state index contributed by atoms with van der Waals surface area (Å²) in [5, 5.41) is 23.5. The molecule has 2 atom stereocenters. The van der Waals surface area contributed by atoms with Crippen LogP contribution in [0.25, 0.3) is 0 Å². The van der Waals surface area contributed by atoms with E-state index in [1.54, 1.807) is 41.5 Å². The Morgan fingerprint density at radius 2 is 1.71 bits per heavy atom. The van der Waals surface area contributed by atoms with Gasteiger partial charge in [-0.05, 0) is 54.4 Å². The summed E-state index contributed by atoms with van der Waals surface area (Å²) in [5.74, 6) is -0.541. The van der Waals surface area contributed by atoms with Crippen molar-refractivity contribution in [3.63, 3.8) is 0 Å². The van der Waals surface area contributed by atoms with Crippen LogP contribution >= 0.6 is 0 Å². The van der Waals surface area contributed by atoms with Gasteiger partial charge in [0.1, 0.15) is 11.6 Å². The third kappa shape index (κ3) is 10.9. The number of aliphatic hydroxyl groups is 1. The predicted molar refractivity (Wildman–Crippen MR) is 105 cm³/mol. The van der Waals surface area contributed by atoms with Gasteiger partial charge >= 0.3 is 12.2 Å². The molecular weight excluding hydrogens is 368 g/mol. The normalized spacial score (nSPS) is 14.0. The summed E-state index contributed by atoms with van der Waals surface area (Å²) in [4.78, 5) is 36.6. The maximum atomic E-state index is 12.1. The molecule has 0 saturated heterocycles. The lowest BCUT2D eigenvalue weighted by Crippen LogP contribution is -2.50. The number of alkyl carbamates (subject to hydrolysis) is 1. The molecular formula is C18H36N4O6. The number of ether oxygens (including phenoxy) is 1. The van der Waals surface area contributed by atoms with Crippen molar-refractivity contribution in [3.8, 4) is 0 Å².